The van der Waals surface area contributed by atoms with Crippen LogP contribution in [-0.4, -0.2) is 26.2 Å². The lowest BCUT2D eigenvalue weighted by molar-refractivity contribution is 0.301. The minimum absolute atomic E-state index is 0. The van der Waals surface area contributed by atoms with E-state index in [1.54, 1.807) is 7.11 Å². The predicted octanol–water partition coefficient (Wildman–Crippen LogP) is 3.83. The Kier molecular flexibility index (Phi) is 8.73. The van der Waals surface area contributed by atoms with Gasteiger partial charge in [0.25, 0.3) is 0 Å². The fraction of sp³-hybridized carbons (Fsp3) is 0.611. The van der Waals surface area contributed by atoms with Crippen LogP contribution in [0.3, 0.4) is 0 Å². The first-order valence-corrected chi connectivity index (χ1v) is 8.38. The number of hydrogen-bond donors (Lipinski definition) is 2. The van der Waals surface area contributed by atoms with E-state index in [1.165, 1.54) is 37.7 Å². The number of nitrogens with zero attached hydrogens (tertiary/aromatic N) is 1. The van der Waals surface area contributed by atoms with Gasteiger partial charge in [-0.05, 0) is 37.0 Å². The van der Waals surface area contributed by atoms with E-state index in [1.807, 2.05) is 12.1 Å². The molecule has 1 saturated carbocycles. The lowest BCUT2D eigenvalue weighted by atomic mass is 9.69. The second-order valence-corrected chi connectivity index (χ2v) is 6.20. The summed E-state index contributed by atoms with van der Waals surface area (Å²) in [5, 5.41) is 3.17. The van der Waals surface area contributed by atoms with Crippen molar-refractivity contribution in [2.24, 2.45) is 10.7 Å². The number of rotatable bonds is 6. The minimum Gasteiger partial charge on any atom is -0.497 e. The molecule has 0 amide bonds. The van der Waals surface area contributed by atoms with Crippen LogP contribution in [0.4, 0.5) is 0 Å². The fourth-order valence-corrected chi connectivity index (χ4v) is 3.26. The van der Waals surface area contributed by atoms with Crippen LogP contribution in [0.25, 0.3) is 0 Å². The monoisotopic (exact) mass is 431 g/mol. The van der Waals surface area contributed by atoms with Crippen LogP contribution in [0.15, 0.2) is 29.3 Å². The summed E-state index contributed by atoms with van der Waals surface area (Å²) in [6, 6.07) is 8.48. The van der Waals surface area contributed by atoms with Gasteiger partial charge in [0.2, 0.25) is 0 Å². The van der Waals surface area contributed by atoms with Gasteiger partial charge in [-0.1, -0.05) is 38.3 Å². The van der Waals surface area contributed by atoms with E-state index in [-0.39, 0.29) is 29.4 Å². The Hall–Kier alpha value is -0.980. The first kappa shape index (κ1) is 20.1. The van der Waals surface area contributed by atoms with Gasteiger partial charge in [0, 0.05) is 12.0 Å². The standard InChI is InChI=1S/C18H29N3O.HI/c1-3-13-20-17(19)21-14-18(11-5-4-6-12-18)15-7-9-16(22-2)10-8-15;/h7-10H,3-6,11-14H2,1-2H3,(H3,19,20,21);1H. The zero-order chi connectivity index (χ0) is 15.8. The van der Waals surface area contributed by atoms with Crippen LogP contribution >= 0.6 is 24.0 Å². The van der Waals surface area contributed by atoms with E-state index in [0.29, 0.717) is 5.96 Å². The molecule has 5 heteroatoms. The summed E-state index contributed by atoms with van der Waals surface area (Å²) in [6.07, 6.45) is 7.28. The van der Waals surface area contributed by atoms with Crippen LogP contribution in [0, 0.1) is 0 Å². The largest absolute Gasteiger partial charge is 0.497 e. The maximum absolute atomic E-state index is 5.98. The molecule has 0 unspecified atom stereocenters. The quantitative estimate of drug-likeness (QED) is 0.409. The molecule has 130 valence electrons. The van der Waals surface area contributed by atoms with E-state index in [2.05, 4.69) is 29.4 Å². The Labute approximate surface area is 157 Å². The van der Waals surface area contributed by atoms with Crippen LogP contribution in [-0.2, 0) is 5.41 Å². The van der Waals surface area contributed by atoms with Crippen molar-refractivity contribution in [2.75, 3.05) is 20.2 Å². The molecule has 4 nitrogen and oxygen atoms in total. The van der Waals surface area contributed by atoms with E-state index in [0.717, 1.165) is 25.3 Å². The normalized spacial score (nSPS) is 17.2. The van der Waals surface area contributed by atoms with Crippen molar-refractivity contribution in [1.29, 1.82) is 0 Å². The topological polar surface area (TPSA) is 59.6 Å². The van der Waals surface area contributed by atoms with Gasteiger partial charge in [-0.15, -0.1) is 24.0 Å². The first-order valence-electron chi connectivity index (χ1n) is 8.38. The van der Waals surface area contributed by atoms with E-state index >= 15 is 0 Å². The average molecular weight is 431 g/mol. The third-order valence-corrected chi connectivity index (χ3v) is 4.62. The average Bonchev–Trinajstić information content (AvgIpc) is 2.59. The van der Waals surface area contributed by atoms with Crippen molar-refractivity contribution in [3.05, 3.63) is 29.8 Å². The molecule has 0 aliphatic heterocycles. The van der Waals surface area contributed by atoms with Crippen molar-refractivity contribution in [1.82, 2.24) is 5.32 Å². The third-order valence-electron chi connectivity index (χ3n) is 4.62. The van der Waals surface area contributed by atoms with Crippen LogP contribution < -0.4 is 15.8 Å². The zero-order valence-corrected chi connectivity index (χ0v) is 16.6. The molecule has 0 spiro atoms. The maximum atomic E-state index is 5.98. The molecule has 0 aromatic heterocycles. The van der Waals surface area contributed by atoms with E-state index < -0.39 is 0 Å². The van der Waals surface area contributed by atoms with Crippen molar-refractivity contribution < 1.29 is 4.74 Å². The van der Waals surface area contributed by atoms with Crippen molar-refractivity contribution in [3.63, 3.8) is 0 Å². The number of guanidine groups is 1. The van der Waals surface area contributed by atoms with Gasteiger partial charge in [-0.3, -0.25) is 4.99 Å². The Morgan fingerprint density at radius 3 is 2.43 bits per heavy atom. The minimum atomic E-state index is 0. The Morgan fingerprint density at radius 2 is 1.87 bits per heavy atom. The molecule has 1 aliphatic rings. The second kappa shape index (κ2) is 10.0. The number of hydrogen-bond acceptors (Lipinski definition) is 2. The highest BCUT2D eigenvalue weighted by molar-refractivity contribution is 14.0. The van der Waals surface area contributed by atoms with Gasteiger partial charge in [0.15, 0.2) is 5.96 Å². The van der Waals surface area contributed by atoms with Gasteiger partial charge in [-0.2, -0.15) is 0 Å². The third kappa shape index (κ3) is 5.55. The lowest BCUT2D eigenvalue weighted by Gasteiger charge is -2.36. The summed E-state index contributed by atoms with van der Waals surface area (Å²) >= 11 is 0. The molecule has 0 heterocycles. The number of benzene rings is 1. The Morgan fingerprint density at radius 1 is 1.22 bits per heavy atom. The number of nitrogens with one attached hydrogen (secondary N) is 1. The van der Waals surface area contributed by atoms with Crippen LogP contribution in [0.1, 0.15) is 51.0 Å². The first-order chi connectivity index (χ1) is 10.7. The number of aliphatic imine (C=N–C) groups is 1. The molecule has 3 N–H and O–H groups in total. The number of halogens is 1. The molecule has 0 saturated heterocycles. The SMILES string of the molecule is CCCNC(N)=NCC1(c2ccc(OC)cc2)CCCCC1.I. The summed E-state index contributed by atoms with van der Waals surface area (Å²) in [5.41, 5.74) is 7.47. The molecule has 0 radical (unpaired) electrons. The summed E-state index contributed by atoms with van der Waals surface area (Å²) < 4.78 is 5.27. The van der Waals surface area contributed by atoms with Gasteiger partial charge in [0.05, 0.1) is 13.7 Å². The van der Waals surface area contributed by atoms with Crippen molar-refractivity contribution >= 4 is 29.9 Å². The second-order valence-electron chi connectivity index (χ2n) is 6.20. The molecule has 1 fully saturated rings. The highest BCUT2D eigenvalue weighted by atomic mass is 127. The molecule has 1 aromatic rings. The zero-order valence-electron chi connectivity index (χ0n) is 14.3. The summed E-state index contributed by atoms with van der Waals surface area (Å²) in [7, 11) is 1.70. The summed E-state index contributed by atoms with van der Waals surface area (Å²) in [5.74, 6) is 1.47. The smallest absolute Gasteiger partial charge is 0.188 e. The molecule has 0 bridgehead atoms. The lowest BCUT2D eigenvalue weighted by Crippen LogP contribution is -2.37. The van der Waals surface area contributed by atoms with Gasteiger partial charge in [-0.25, -0.2) is 0 Å². The molecular weight excluding hydrogens is 401 g/mol. The summed E-state index contributed by atoms with van der Waals surface area (Å²) in [6.45, 7) is 3.77. The molecule has 0 atom stereocenters. The van der Waals surface area contributed by atoms with Crippen LogP contribution in [0.2, 0.25) is 0 Å². The van der Waals surface area contributed by atoms with Crippen molar-refractivity contribution in [2.45, 2.75) is 50.9 Å². The summed E-state index contributed by atoms with van der Waals surface area (Å²) in [4.78, 5) is 4.63. The predicted molar refractivity (Wildman–Crippen MR) is 108 cm³/mol. The van der Waals surface area contributed by atoms with Crippen LogP contribution in [0.5, 0.6) is 5.75 Å². The Balaban J connectivity index is 0.00000264. The van der Waals surface area contributed by atoms with Crippen molar-refractivity contribution in [3.8, 4) is 5.75 Å². The Bertz CT molecular complexity index is 482. The van der Waals surface area contributed by atoms with Gasteiger partial charge >= 0.3 is 0 Å². The number of nitrogens with two attached hydrogens (primary N) is 1. The number of methoxy groups -OCH3 is 1. The highest BCUT2D eigenvalue weighted by Crippen LogP contribution is 2.40. The molecule has 23 heavy (non-hydrogen) atoms. The molecule has 1 aromatic carbocycles. The fourth-order valence-electron chi connectivity index (χ4n) is 3.26. The molecular formula is C18H30IN3O. The maximum Gasteiger partial charge on any atom is 0.188 e. The van der Waals surface area contributed by atoms with E-state index in [4.69, 9.17) is 10.5 Å². The van der Waals surface area contributed by atoms with E-state index in [9.17, 15) is 0 Å². The van der Waals surface area contributed by atoms with Gasteiger partial charge < -0.3 is 15.8 Å². The molecule has 1 aliphatic carbocycles. The highest BCUT2D eigenvalue weighted by Gasteiger charge is 2.33. The van der Waals surface area contributed by atoms with Gasteiger partial charge in [0.1, 0.15) is 5.75 Å². The number of ether oxygens (including phenoxy) is 1. The molecule has 2 rings (SSSR count).